The molecule has 6 heteroatoms. The largest absolute Gasteiger partial charge is 0.480 e. The fourth-order valence-corrected chi connectivity index (χ4v) is 6.46. The Hall–Kier alpha value is -1.30. The minimum Gasteiger partial charge on any atom is -0.480 e. The van der Waals surface area contributed by atoms with Crippen molar-refractivity contribution in [1.29, 1.82) is 0 Å². The quantitative estimate of drug-likeness (QED) is 0.804. The molecule has 6 nitrogen and oxygen atoms in total. The number of nitrogens with one attached hydrogen (secondary N) is 1. The van der Waals surface area contributed by atoms with Crippen molar-refractivity contribution < 1.29 is 14.7 Å². The van der Waals surface area contributed by atoms with Crippen LogP contribution in [0, 0.1) is 23.7 Å². The van der Waals surface area contributed by atoms with E-state index in [2.05, 4.69) is 5.32 Å². The van der Waals surface area contributed by atoms with Crippen LogP contribution in [0.4, 0.5) is 4.79 Å². The van der Waals surface area contributed by atoms with Crippen LogP contribution in [0.5, 0.6) is 0 Å². The van der Waals surface area contributed by atoms with Crippen molar-refractivity contribution in [3.63, 3.8) is 0 Å². The summed E-state index contributed by atoms with van der Waals surface area (Å²) in [5.74, 6) is 2.48. The van der Waals surface area contributed by atoms with E-state index in [0.717, 1.165) is 44.2 Å². The monoisotopic (exact) mass is 363 g/mol. The van der Waals surface area contributed by atoms with Crippen LogP contribution < -0.4 is 5.32 Å². The number of carbonyl (C=O) groups excluding carboxylic acids is 1. The van der Waals surface area contributed by atoms with Crippen molar-refractivity contribution in [3.05, 3.63) is 0 Å². The summed E-state index contributed by atoms with van der Waals surface area (Å²) in [6.07, 6.45) is 9.49. The van der Waals surface area contributed by atoms with E-state index in [9.17, 15) is 9.59 Å². The van der Waals surface area contributed by atoms with Gasteiger partial charge in [0.2, 0.25) is 0 Å². The summed E-state index contributed by atoms with van der Waals surface area (Å²) < 4.78 is 0. The number of likely N-dealkylation sites (N-methyl/N-ethyl adjacent to an activating group) is 1. The SMILES string of the molecule is CN(CC(=O)O)C1CCCN(C(=O)NC2C3CC4CC(C3)CC2C4)CC1. The highest BCUT2D eigenvalue weighted by molar-refractivity contribution is 5.74. The molecule has 0 radical (unpaired) electrons. The molecule has 1 aliphatic heterocycles. The number of carboxylic acids is 1. The third-order valence-electron chi connectivity index (χ3n) is 7.51. The van der Waals surface area contributed by atoms with E-state index < -0.39 is 5.97 Å². The first-order valence-electron chi connectivity index (χ1n) is 10.5. The highest BCUT2D eigenvalue weighted by Crippen LogP contribution is 2.53. The molecule has 146 valence electrons. The predicted molar refractivity (Wildman–Crippen MR) is 98.8 cm³/mol. The summed E-state index contributed by atoms with van der Waals surface area (Å²) in [6.45, 7) is 1.59. The molecule has 4 aliphatic carbocycles. The molecule has 4 saturated carbocycles. The third kappa shape index (κ3) is 3.71. The molecule has 0 aromatic rings. The lowest BCUT2D eigenvalue weighted by molar-refractivity contribution is -0.138. The number of nitrogens with zero attached hydrogens (tertiary/aromatic N) is 2. The summed E-state index contributed by atoms with van der Waals surface area (Å²) in [5, 5.41) is 12.4. The Morgan fingerprint density at radius 1 is 1.04 bits per heavy atom. The molecule has 5 aliphatic rings. The van der Waals surface area contributed by atoms with Gasteiger partial charge >= 0.3 is 12.0 Å². The third-order valence-corrected chi connectivity index (χ3v) is 7.51. The molecule has 0 spiro atoms. The molecule has 5 rings (SSSR count). The first-order chi connectivity index (χ1) is 12.5. The van der Waals surface area contributed by atoms with E-state index in [1.165, 1.54) is 32.1 Å². The smallest absolute Gasteiger partial charge is 0.317 e. The van der Waals surface area contributed by atoms with Gasteiger partial charge in [-0.3, -0.25) is 9.69 Å². The minimum atomic E-state index is -0.784. The van der Waals surface area contributed by atoms with Crippen LogP contribution in [0.2, 0.25) is 0 Å². The van der Waals surface area contributed by atoms with E-state index in [1.54, 1.807) is 0 Å². The number of hydrogen-bond donors (Lipinski definition) is 2. The van der Waals surface area contributed by atoms with Crippen molar-refractivity contribution in [2.45, 2.75) is 63.5 Å². The van der Waals surface area contributed by atoms with Crippen LogP contribution >= 0.6 is 0 Å². The molecule has 1 atom stereocenters. The van der Waals surface area contributed by atoms with Gasteiger partial charge in [0.05, 0.1) is 6.54 Å². The maximum atomic E-state index is 12.9. The number of rotatable bonds is 4. The number of hydrogen-bond acceptors (Lipinski definition) is 3. The number of carboxylic acid groups (broad SMARTS) is 1. The van der Waals surface area contributed by atoms with Gasteiger partial charge in [0.25, 0.3) is 0 Å². The summed E-state index contributed by atoms with van der Waals surface area (Å²) in [4.78, 5) is 27.7. The lowest BCUT2D eigenvalue weighted by Crippen LogP contribution is -2.58. The number of amides is 2. The average molecular weight is 364 g/mol. The van der Waals surface area contributed by atoms with Gasteiger partial charge in [-0.2, -0.15) is 0 Å². The van der Waals surface area contributed by atoms with Gasteiger partial charge in [0, 0.05) is 25.2 Å². The topological polar surface area (TPSA) is 72.9 Å². The Morgan fingerprint density at radius 3 is 2.31 bits per heavy atom. The Kier molecular flexibility index (Phi) is 5.13. The number of urea groups is 1. The van der Waals surface area contributed by atoms with Crippen molar-refractivity contribution in [1.82, 2.24) is 15.1 Å². The Labute approximate surface area is 156 Å². The van der Waals surface area contributed by atoms with Crippen LogP contribution in [-0.2, 0) is 4.79 Å². The molecule has 0 aromatic carbocycles. The van der Waals surface area contributed by atoms with Crippen molar-refractivity contribution in [2.75, 3.05) is 26.7 Å². The molecule has 0 aromatic heterocycles. The second-order valence-electron chi connectivity index (χ2n) is 9.29. The molecule has 5 fully saturated rings. The molecule has 4 bridgehead atoms. The van der Waals surface area contributed by atoms with Gasteiger partial charge in [-0.25, -0.2) is 4.79 Å². The molecule has 1 heterocycles. The molecular formula is C20H33N3O3. The van der Waals surface area contributed by atoms with Crippen LogP contribution in [0.3, 0.4) is 0 Å². The van der Waals surface area contributed by atoms with E-state index in [-0.39, 0.29) is 18.6 Å². The summed E-state index contributed by atoms with van der Waals surface area (Å²) in [7, 11) is 1.88. The number of aliphatic carboxylic acids is 1. The van der Waals surface area contributed by atoms with E-state index in [0.29, 0.717) is 17.9 Å². The molecule has 2 N–H and O–H groups in total. The number of likely N-dealkylation sites (tertiary alicyclic amines) is 1. The molecule has 1 saturated heterocycles. The fourth-order valence-electron chi connectivity index (χ4n) is 6.46. The Morgan fingerprint density at radius 2 is 1.69 bits per heavy atom. The van der Waals surface area contributed by atoms with E-state index in [1.807, 2.05) is 16.8 Å². The van der Waals surface area contributed by atoms with Crippen LogP contribution in [0.15, 0.2) is 0 Å². The predicted octanol–water partition coefficient (Wildman–Crippen LogP) is 2.39. The van der Waals surface area contributed by atoms with E-state index in [4.69, 9.17) is 5.11 Å². The summed E-state index contributed by atoms with van der Waals surface area (Å²) in [6, 6.07) is 0.762. The summed E-state index contributed by atoms with van der Waals surface area (Å²) in [5.41, 5.74) is 0. The van der Waals surface area contributed by atoms with Crippen molar-refractivity contribution in [2.24, 2.45) is 23.7 Å². The lowest BCUT2D eigenvalue weighted by Gasteiger charge is -2.54. The zero-order chi connectivity index (χ0) is 18.3. The van der Waals surface area contributed by atoms with Crippen LogP contribution in [0.1, 0.15) is 51.4 Å². The maximum absolute atomic E-state index is 12.9. The van der Waals surface area contributed by atoms with E-state index >= 15 is 0 Å². The molecule has 1 unspecified atom stereocenters. The van der Waals surface area contributed by atoms with Crippen LogP contribution in [-0.4, -0.2) is 65.7 Å². The fraction of sp³-hybridized carbons (Fsp3) is 0.900. The molecule has 26 heavy (non-hydrogen) atoms. The van der Waals surface area contributed by atoms with Crippen molar-refractivity contribution >= 4 is 12.0 Å². The van der Waals surface area contributed by atoms with Gasteiger partial charge in [-0.1, -0.05) is 0 Å². The van der Waals surface area contributed by atoms with Gasteiger partial charge in [-0.15, -0.1) is 0 Å². The van der Waals surface area contributed by atoms with Gasteiger partial charge < -0.3 is 15.3 Å². The average Bonchev–Trinajstić information content (AvgIpc) is 2.83. The second-order valence-corrected chi connectivity index (χ2v) is 9.29. The first kappa shape index (κ1) is 18.1. The number of carbonyl (C=O) groups is 2. The second kappa shape index (κ2) is 7.37. The van der Waals surface area contributed by atoms with Gasteiger partial charge in [0.15, 0.2) is 0 Å². The molecule has 2 amide bonds. The summed E-state index contributed by atoms with van der Waals surface area (Å²) >= 11 is 0. The Bertz CT molecular complexity index is 524. The lowest BCUT2D eigenvalue weighted by atomic mass is 9.54. The first-order valence-corrected chi connectivity index (χ1v) is 10.5. The van der Waals surface area contributed by atoms with Gasteiger partial charge in [0.1, 0.15) is 0 Å². The van der Waals surface area contributed by atoms with Gasteiger partial charge in [-0.05, 0) is 82.1 Å². The molecular weight excluding hydrogens is 330 g/mol. The Balaban J connectivity index is 1.31. The highest BCUT2D eigenvalue weighted by atomic mass is 16.4. The highest BCUT2D eigenvalue weighted by Gasteiger charge is 2.48. The zero-order valence-corrected chi connectivity index (χ0v) is 15.9. The normalized spacial score (nSPS) is 39.1. The minimum absolute atomic E-state index is 0.0740. The van der Waals surface area contributed by atoms with Crippen LogP contribution in [0.25, 0.3) is 0 Å². The zero-order valence-electron chi connectivity index (χ0n) is 15.9. The standard InChI is InChI=1S/C20H33N3O3/c1-22(12-18(24)25)17-3-2-5-23(6-4-17)20(26)21-19-15-8-13-7-14(10-15)11-16(19)9-13/h13-17,19H,2-12H2,1H3,(H,21,26)(H,24,25). The van der Waals surface area contributed by atoms with Crippen molar-refractivity contribution in [3.8, 4) is 0 Å². The maximum Gasteiger partial charge on any atom is 0.317 e.